The number of amides is 1. The minimum Gasteiger partial charge on any atom is -0.342 e. The normalized spacial score (nSPS) is 12.4. The van der Waals surface area contributed by atoms with Gasteiger partial charge in [-0.3, -0.25) is 4.79 Å². The second kappa shape index (κ2) is 6.47. The molecule has 2 aromatic heterocycles. The van der Waals surface area contributed by atoms with Gasteiger partial charge in [0.2, 0.25) is 0 Å². The molecule has 0 spiro atoms. The zero-order valence-electron chi connectivity index (χ0n) is 10.4. The number of nitrogens with one attached hydrogen (secondary N) is 1. The van der Waals surface area contributed by atoms with Crippen molar-refractivity contribution in [2.75, 3.05) is 0 Å². The number of thiazole rings is 1. The van der Waals surface area contributed by atoms with E-state index in [1.165, 1.54) is 16.2 Å². The molecule has 7 heteroatoms. The Morgan fingerprint density at radius 2 is 2.21 bits per heavy atom. The van der Waals surface area contributed by atoms with Gasteiger partial charge in [-0.15, -0.1) is 22.7 Å². The van der Waals surface area contributed by atoms with Crippen molar-refractivity contribution in [3.05, 3.63) is 35.3 Å². The Morgan fingerprint density at radius 1 is 1.47 bits per heavy atom. The first kappa shape index (κ1) is 15.2. The lowest BCUT2D eigenvalue weighted by Crippen LogP contribution is -2.25. The molecule has 0 aliphatic carbocycles. The maximum atomic E-state index is 12.1. The van der Waals surface area contributed by atoms with Crippen LogP contribution in [0, 0.1) is 0 Å². The molecular weight excluding hydrogens is 412 g/mol. The highest BCUT2D eigenvalue weighted by Gasteiger charge is 2.17. The third-order valence-corrected chi connectivity index (χ3v) is 7.09. The number of aryl methyl sites for hydroxylation is 1. The molecule has 102 valence electrons. The van der Waals surface area contributed by atoms with Crippen molar-refractivity contribution < 1.29 is 4.79 Å². The highest BCUT2D eigenvalue weighted by atomic mass is 79.9. The smallest absolute Gasteiger partial charge is 0.261 e. The number of hydrogen-bond acceptors (Lipinski definition) is 4. The summed E-state index contributed by atoms with van der Waals surface area (Å²) in [6, 6.07) is 1.74. The van der Waals surface area contributed by atoms with Gasteiger partial charge in [0.15, 0.2) is 0 Å². The molecule has 2 rings (SSSR count). The number of nitrogens with zero attached hydrogens (tertiary/aromatic N) is 1. The van der Waals surface area contributed by atoms with Gasteiger partial charge in [-0.2, -0.15) is 0 Å². The van der Waals surface area contributed by atoms with Crippen LogP contribution in [-0.2, 0) is 6.42 Å². The van der Waals surface area contributed by atoms with Gasteiger partial charge in [0.05, 0.1) is 14.7 Å². The van der Waals surface area contributed by atoms with E-state index in [1.54, 1.807) is 11.3 Å². The summed E-state index contributed by atoms with van der Waals surface area (Å²) in [5.74, 6) is -0.0721. The van der Waals surface area contributed by atoms with Crippen LogP contribution in [0.25, 0.3) is 0 Å². The zero-order valence-corrected chi connectivity index (χ0v) is 15.2. The second-order valence-electron chi connectivity index (χ2n) is 3.95. The summed E-state index contributed by atoms with van der Waals surface area (Å²) in [5, 5.41) is 3.91. The molecule has 0 bridgehead atoms. The third kappa shape index (κ3) is 3.65. The number of rotatable bonds is 4. The van der Waals surface area contributed by atoms with Crippen LogP contribution in [0.2, 0.25) is 0 Å². The highest BCUT2D eigenvalue weighted by molar-refractivity contribution is 9.13. The molecule has 0 fully saturated rings. The summed E-state index contributed by atoms with van der Waals surface area (Å²) < 4.78 is 1.82. The summed E-state index contributed by atoms with van der Waals surface area (Å²) in [6.07, 6.45) is 2.85. The van der Waals surface area contributed by atoms with E-state index in [2.05, 4.69) is 49.1 Å². The summed E-state index contributed by atoms with van der Waals surface area (Å²) in [5.41, 5.74) is 0. The lowest BCUT2D eigenvalue weighted by molar-refractivity contribution is 0.0944. The third-order valence-electron chi connectivity index (χ3n) is 2.51. The molecular formula is C12H12Br2N2OS2. The van der Waals surface area contributed by atoms with E-state index in [0.29, 0.717) is 4.88 Å². The van der Waals surface area contributed by atoms with Gasteiger partial charge in [0.25, 0.3) is 5.91 Å². The van der Waals surface area contributed by atoms with Crippen LogP contribution in [0.5, 0.6) is 0 Å². The van der Waals surface area contributed by atoms with Gasteiger partial charge in [-0.25, -0.2) is 4.98 Å². The molecule has 1 unspecified atom stereocenters. The first-order valence-corrected chi connectivity index (χ1v) is 8.93. The Kier molecular flexibility index (Phi) is 5.16. The fourth-order valence-electron chi connectivity index (χ4n) is 1.47. The number of carbonyl (C=O) groups excluding carboxylic acids is 1. The fourth-order valence-corrected chi connectivity index (χ4v) is 4.27. The van der Waals surface area contributed by atoms with E-state index in [9.17, 15) is 4.79 Å². The van der Waals surface area contributed by atoms with Crippen molar-refractivity contribution in [1.82, 2.24) is 10.3 Å². The number of thiophene rings is 1. The van der Waals surface area contributed by atoms with Crippen molar-refractivity contribution in [1.29, 1.82) is 0 Å². The average molecular weight is 424 g/mol. The van der Waals surface area contributed by atoms with Gasteiger partial charge in [-0.05, 0) is 51.3 Å². The van der Waals surface area contributed by atoms with Gasteiger partial charge in [0.1, 0.15) is 5.01 Å². The Hall–Kier alpha value is -0.240. The van der Waals surface area contributed by atoms with E-state index in [0.717, 1.165) is 19.7 Å². The Labute approximate surface area is 136 Å². The van der Waals surface area contributed by atoms with Gasteiger partial charge in [0, 0.05) is 15.5 Å². The molecule has 0 aliphatic rings. The van der Waals surface area contributed by atoms with Gasteiger partial charge in [-0.1, -0.05) is 6.92 Å². The van der Waals surface area contributed by atoms with Crippen LogP contribution in [0.1, 0.15) is 39.4 Å². The SMILES string of the molecule is CCc1cnc(C(C)NC(=O)c2cc(Br)c(Br)s2)s1. The van der Waals surface area contributed by atoms with E-state index < -0.39 is 0 Å². The lowest BCUT2D eigenvalue weighted by Gasteiger charge is -2.09. The van der Waals surface area contributed by atoms with Crippen molar-refractivity contribution in [3.8, 4) is 0 Å². The Balaban J connectivity index is 2.06. The highest BCUT2D eigenvalue weighted by Crippen LogP contribution is 2.32. The number of aromatic nitrogens is 1. The zero-order chi connectivity index (χ0) is 14.0. The van der Waals surface area contributed by atoms with Gasteiger partial charge < -0.3 is 5.32 Å². The second-order valence-corrected chi connectivity index (χ2v) is 8.32. The van der Waals surface area contributed by atoms with Gasteiger partial charge >= 0.3 is 0 Å². The monoisotopic (exact) mass is 422 g/mol. The van der Waals surface area contributed by atoms with Crippen LogP contribution < -0.4 is 5.32 Å². The van der Waals surface area contributed by atoms with Crippen LogP contribution in [0.3, 0.4) is 0 Å². The summed E-state index contributed by atoms with van der Waals surface area (Å²) >= 11 is 9.83. The number of carbonyl (C=O) groups is 1. The van der Waals surface area contributed by atoms with Crippen molar-refractivity contribution in [2.24, 2.45) is 0 Å². The molecule has 1 atom stereocenters. The molecule has 0 saturated heterocycles. The number of halogens is 2. The summed E-state index contributed by atoms with van der Waals surface area (Å²) in [4.78, 5) is 18.4. The van der Waals surface area contributed by atoms with E-state index in [4.69, 9.17) is 0 Å². The topological polar surface area (TPSA) is 42.0 Å². The Bertz CT molecular complexity index is 575. The first-order chi connectivity index (χ1) is 9.01. The molecule has 0 saturated carbocycles. The summed E-state index contributed by atoms with van der Waals surface area (Å²) in [6.45, 7) is 4.05. The maximum Gasteiger partial charge on any atom is 0.261 e. The fraction of sp³-hybridized carbons (Fsp3) is 0.333. The molecule has 0 aromatic carbocycles. The Morgan fingerprint density at radius 3 is 2.74 bits per heavy atom. The maximum absolute atomic E-state index is 12.1. The molecule has 2 aromatic rings. The molecule has 0 aliphatic heterocycles. The molecule has 19 heavy (non-hydrogen) atoms. The number of hydrogen-bond donors (Lipinski definition) is 1. The first-order valence-electron chi connectivity index (χ1n) is 5.71. The van der Waals surface area contributed by atoms with Crippen molar-refractivity contribution in [3.63, 3.8) is 0 Å². The van der Waals surface area contributed by atoms with Crippen molar-refractivity contribution in [2.45, 2.75) is 26.3 Å². The molecule has 3 nitrogen and oxygen atoms in total. The lowest BCUT2D eigenvalue weighted by atomic mass is 10.3. The van der Waals surface area contributed by atoms with E-state index in [1.807, 2.05) is 19.2 Å². The largest absolute Gasteiger partial charge is 0.342 e. The van der Waals surface area contributed by atoms with Crippen LogP contribution >= 0.6 is 54.5 Å². The minimum absolute atomic E-state index is 0.0718. The molecule has 1 N–H and O–H groups in total. The molecule has 0 radical (unpaired) electrons. The van der Waals surface area contributed by atoms with Crippen LogP contribution in [-0.4, -0.2) is 10.9 Å². The van der Waals surface area contributed by atoms with E-state index >= 15 is 0 Å². The van der Waals surface area contributed by atoms with Crippen molar-refractivity contribution >= 4 is 60.4 Å². The van der Waals surface area contributed by atoms with E-state index in [-0.39, 0.29) is 11.9 Å². The predicted molar refractivity (Wildman–Crippen MR) is 87.1 cm³/mol. The molecule has 2 heterocycles. The van der Waals surface area contributed by atoms with Crippen LogP contribution in [0.15, 0.2) is 20.5 Å². The van der Waals surface area contributed by atoms with Crippen LogP contribution in [0.4, 0.5) is 0 Å². The quantitative estimate of drug-likeness (QED) is 0.768. The average Bonchev–Trinajstić information content (AvgIpc) is 2.97. The predicted octanol–water partition coefficient (Wildman–Crippen LogP) is 4.78. The molecule has 1 amide bonds. The summed E-state index contributed by atoms with van der Waals surface area (Å²) in [7, 11) is 0. The minimum atomic E-state index is -0.0721. The standard InChI is InChI=1S/C12H12Br2N2OS2/c1-3-7-5-15-12(18-7)6(2)16-11(17)9-4-8(13)10(14)19-9/h4-6H,3H2,1-2H3,(H,16,17).